The van der Waals surface area contributed by atoms with Crippen LogP contribution >= 0.6 is 0 Å². The summed E-state index contributed by atoms with van der Waals surface area (Å²) in [6.45, 7) is 5.91. The van der Waals surface area contributed by atoms with Gasteiger partial charge in [0.1, 0.15) is 12.3 Å². The Balaban J connectivity index is 2.45. The third-order valence-electron chi connectivity index (χ3n) is 4.79. The largest absolute Gasteiger partial charge is 0.494 e. The van der Waals surface area contributed by atoms with Crippen LogP contribution in [0.2, 0.25) is 0 Å². The molecule has 1 amide bonds. The molecule has 0 spiro atoms. The first-order valence-electron chi connectivity index (χ1n) is 10.5. The van der Waals surface area contributed by atoms with Gasteiger partial charge in [0.25, 0.3) is 10.0 Å². The number of ether oxygens (including phenoxy) is 3. The number of carbonyl (C=O) groups excluding carboxylic acids is 1. The second-order valence-corrected chi connectivity index (χ2v) is 9.07. The molecule has 0 heterocycles. The molecular weight excluding hydrogens is 432 g/mol. The van der Waals surface area contributed by atoms with Gasteiger partial charge in [-0.15, -0.1) is 0 Å². The molecule has 0 aliphatic carbocycles. The number of carbonyl (C=O) groups is 1. The van der Waals surface area contributed by atoms with Crippen molar-refractivity contribution >= 4 is 21.6 Å². The predicted molar refractivity (Wildman–Crippen MR) is 124 cm³/mol. The third kappa shape index (κ3) is 6.29. The van der Waals surface area contributed by atoms with Crippen LogP contribution in [0.15, 0.2) is 47.4 Å². The molecule has 0 radical (unpaired) electrons. The second-order valence-electron chi connectivity index (χ2n) is 7.21. The van der Waals surface area contributed by atoms with E-state index in [9.17, 15) is 13.2 Å². The molecule has 0 aliphatic heterocycles. The van der Waals surface area contributed by atoms with Crippen LogP contribution in [-0.2, 0) is 14.8 Å². The van der Waals surface area contributed by atoms with E-state index in [0.29, 0.717) is 23.8 Å². The number of anilines is 1. The molecule has 8 nitrogen and oxygen atoms in total. The Labute approximate surface area is 190 Å². The van der Waals surface area contributed by atoms with Crippen molar-refractivity contribution in [1.29, 1.82) is 0 Å². The van der Waals surface area contributed by atoms with Gasteiger partial charge in [-0.3, -0.25) is 9.10 Å². The summed E-state index contributed by atoms with van der Waals surface area (Å²) >= 11 is 0. The summed E-state index contributed by atoms with van der Waals surface area (Å²) in [7, 11) is -1.18. The molecule has 0 saturated carbocycles. The van der Waals surface area contributed by atoms with Crippen molar-refractivity contribution in [3.63, 3.8) is 0 Å². The lowest BCUT2D eigenvalue weighted by molar-refractivity contribution is -0.120. The van der Waals surface area contributed by atoms with Crippen LogP contribution in [0.25, 0.3) is 0 Å². The molecular formula is C23H32N2O6S. The molecule has 9 heteroatoms. The van der Waals surface area contributed by atoms with E-state index >= 15 is 0 Å². The minimum Gasteiger partial charge on any atom is -0.494 e. The van der Waals surface area contributed by atoms with Crippen LogP contribution in [-0.4, -0.2) is 47.7 Å². The van der Waals surface area contributed by atoms with Crippen LogP contribution in [0, 0.1) is 0 Å². The Morgan fingerprint density at radius 3 is 2.25 bits per heavy atom. The van der Waals surface area contributed by atoms with Gasteiger partial charge >= 0.3 is 0 Å². The van der Waals surface area contributed by atoms with Crippen molar-refractivity contribution in [1.82, 2.24) is 5.32 Å². The van der Waals surface area contributed by atoms with E-state index in [4.69, 9.17) is 14.2 Å². The summed E-state index contributed by atoms with van der Waals surface area (Å²) in [6, 6.07) is 10.9. The van der Waals surface area contributed by atoms with E-state index in [1.165, 1.54) is 32.4 Å². The second kappa shape index (κ2) is 11.6. The zero-order chi connectivity index (χ0) is 23.7. The maximum absolute atomic E-state index is 13.6. The topological polar surface area (TPSA) is 94.2 Å². The molecule has 0 unspecified atom stereocenters. The number of amides is 1. The first-order valence-corrected chi connectivity index (χ1v) is 12.0. The molecule has 0 aromatic heterocycles. The maximum Gasteiger partial charge on any atom is 0.264 e. The molecule has 2 aromatic rings. The van der Waals surface area contributed by atoms with E-state index in [1.54, 1.807) is 24.3 Å². The van der Waals surface area contributed by atoms with E-state index in [1.807, 2.05) is 20.8 Å². The van der Waals surface area contributed by atoms with Gasteiger partial charge in [0.2, 0.25) is 5.91 Å². The number of rotatable bonds is 12. The van der Waals surface area contributed by atoms with Crippen molar-refractivity contribution in [3.8, 4) is 17.2 Å². The van der Waals surface area contributed by atoms with E-state index < -0.39 is 10.0 Å². The van der Waals surface area contributed by atoms with Gasteiger partial charge < -0.3 is 19.5 Å². The smallest absolute Gasteiger partial charge is 0.264 e. The normalized spacial score (nSPS) is 12.0. The Hall–Kier alpha value is -2.94. The lowest BCUT2D eigenvalue weighted by atomic mass is 10.2. The predicted octanol–water partition coefficient (Wildman–Crippen LogP) is 3.60. The lowest BCUT2D eigenvalue weighted by Crippen LogP contribution is -2.43. The summed E-state index contributed by atoms with van der Waals surface area (Å²) in [6.07, 6.45) is 1.71. The Morgan fingerprint density at radius 1 is 1.03 bits per heavy atom. The third-order valence-corrected chi connectivity index (χ3v) is 6.56. The van der Waals surface area contributed by atoms with Gasteiger partial charge in [-0.2, -0.15) is 0 Å². The molecule has 1 atom stereocenters. The summed E-state index contributed by atoms with van der Waals surface area (Å²) in [5, 5.41) is 2.86. The summed E-state index contributed by atoms with van der Waals surface area (Å²) in [4.78, 5) is 12.7. The number of hydrogen-bond donors (Lipinski definition) is 1. The lowest BCUT2D eigenvalue weighted by Gasteiger charge is -2.25. The number of methoxy groups -OCH3 is 2. The van der Waals surface area contributed by atoms with Gasteiger partial charge in [-0.1, -0.05) is 13.3 Å². The average Bonchev–Trinajstić information content (AvgIpc) is 2.77. The van der Waals surface area contributed by atoms with Crippen molar-refractivity contribution in [2.24, 2.45) is 0 Å². The van der Waals surface area contributed by atoms with Crippen molar-refractivity contribution in [2.75, 3.05) is 31.7 Å². The summed E-state index contributed by atoms with van der Waals surface area (Å²) in [5.41, 5.74) is 0.349. The molecule has 0 bridgehead atoms. The first kappa shape index (κ1) is 25.3. The number of sulfonamides is 1. The van der Waals surface area contributed by atoms with Crippen molar-refractivity contribution < 1.29 is 27.4 Å². The fourth-order valence-corrected chi connectivity index (χ4v) is 4.69. The molecule has 2 aromatic carbocycles. The van der Waals surface area contributed by atoms with Gasteiger partial charge in [0, 0.05) is 12.1 Å². The van der Waals surface area contributed by atoms with Gasteiger partial charge in [-0.05, 0) is 56.7 Å². The Bertz CT molecular complexity index is 992. The molecule has 1 N–H and O–H groups in total. The highest BCUT2D eigenvalue weighted by molar-refractivity contribution is 7.92. The zero-order valence-corrected chi connectivity index (χ0v) is 20.1. The molecule has 0 fully saturated rings. The number of hydrogen-bond acceptors (Lipinski definition) is 6. The number of benzene rings is 2. The van der Waals surface area contributed by atoms with Crippen LogP contribution in [0.1, 0.15) is 33.6 Å². The SMILES string of the molecule is CCC[C@@H](C)NC(=O)CN(c1ccc(OCC)cc1)S(=O)(=O)c1ccc(OC)c(OC)c1. The van der Waals surface area contributed by atoms with E-state index in [2.05, 4.69) is 5.32 Å². The monoisotopic (exact) mass is 464 g/mol. The quantitative estimate of drug-likeness (QED) is 0.516. The first-order chi connectivity index (χ1) is 15.3. The molecule has 0 aliphatic rings. The molecule has 0 saturated heterocycles. The Kier molecular flexibility index (Phi) is 9.19. The fourth-order valence-electron chi connectivity index (χ4n) is 3.25. The Morgan fingerprint density at radius 2 is 1.69 bits per heavy atom. The van der Waals surface area contributed by atoms with E-state index in [0.717, 1.165) is 17.1 Å². The molecule has 2 rings (SSSR count). The molecule has 32 heavy (non-hydrogen) atoms. The fraction of sp³-hybridized carbons (Fsp3) is 0.435. The number of nitrogens with zero attached hydrogens (tertiary/aromatic N) is 1. The van der Waals surface area contributed by atoms with Crippen LogP contribution in [0.4, 0.5) is 5.69 Å². The highest BCUT2D eigenvalue weighted by Crippen LogP contribution is 2.32. The van der Waals surface area contributed by atoms with Gasteiger partial charge in [0.15, 0.2) is 11.5 Å². The van der Waals surface area contributed by atoms with Crippen LogP contribution in [0.3, 0.4) is 0 Å². The van der Waals surface area contributed by atoms with Crippen LogP contribution in [0.5, 0.6) is 17.2 Å². The minimum atomic E-state index is -4.08. The highest BCUT2D eigenvalue weighted by Gasteiger charge is 2.28. The van der Waals surface area contributed by atoms with Crippen LogP contribution < -0.4 is 23.8 Å². The van der Waals surface area contributed by atoms with Crippen molar-refractivity contribution in [3.05, 3.63) is 42.5 Å². The zero-order valence-electron chi connectivity index (χ0n) is 19.3. The molecule has 176 valence electrons. The summed E-state index contributed by atoms with van der Waals surface area (Å²) < 4.78 is 44.1. The minimum absolute atomic E-state index is 0.0153. The van der Waals surface area contributed by atoms with Gasteiger partial charge in [-0.25, -0.2) is 8.42 Å². The van der Waals surface area contributed by atoms with E-state index in [-0.39, 0.29) is 29.1 Å². The van der Waals surface area contributed by atoms with Gasteiger partial charge in [0.05, 0.1) is 31.4 Å². The maximum atomic E-state index is 13.6. The standard InChI is InChI=1S/C23H32N2O6S/c1-6-8-17(3)24-23(26)16-25(18-9-11-19(12-10-18)31-7-2)32(27,28)20-13-14-21(29-4)22(15-20)30-5/h9-15,17H,6-8,16H2,1-5H3,(H,24,26)/t17-/m1/s1. The summed E-state index contributed by atoms with van der Waals surface area (Å²) in [5.74, 6) is 0.913. The average molecular weight is 465 g/mol. The van der Waals surface area contributed by atoms with Crippen molar-refractivity contribution in [2.45, 2.75) is 44.6 Å². The number of nitrogens with one attached hydrogen (secondary N) is 1. The highest BCUT2D eigenvalue weighted by atomic mass is 32.2.